The van der Waals surface area contributed by atoms with Gasteiger partial charge in [-0.3, -0.25) is 44.9 Å². The Hall–Kier alpha value is -5.61. The standard InChI is InChI=1S/C7H14N2.6C7H11N.C5H8N2.2C4H6N2S/c1-5-6(2)8-9(4)7(5)3;3*1-5-4-8-7(3)6(5)2;3*1-5-4-6(2)8-7(5)3;1-4-5(2)7-3-6-4;2*1-3-4(2)7-6-5-3/h5,7H,1-4H3;6*4H2,1-3H3;3H2,1-2H3;2*1-2H3. The highest BCUT2D eigenvalue weighted by atomic mass is 32.1. The van der Waals surface area contributed by atoms with Gasteiger partial charge in [0.15, 0.2) is 0 Å². The Balaban J connectivity index is 0.000000434. The average Bonchev–Trinajstić information content (AvgIpc) is 4.32. The monoisotopic (exact) mass is 1100 g/mol. The predicted octanol–water partition coefficient (Wildman–Crippen LogP) is 16.3. The molecular formula is C62H100N14S2. The van der Waals surface area contributed by atoms with Gasteiger partial charge in [-0.2, -0.15) is 5.10 Å². The van der Waals surface area contributed by atoms with Gasteiger partial charge in [0.1, 0.15) is 6.67 Å². The molecule has 8 aliphatic rings. The van der Waals surface area contributed by atoms with Crippen LogP contribution in [-0.2, 0) is 0 Å². The molecule has 0 N–H and O–H groups in total. The normalized spacial score (nSPS) is 19.5. The van der Waals surface area contributed by atoms with Gasteiger partial charge in [-0.05, 0) is 253 Å². The van der Waals surface area contributed by atoms with Crippen molar-refractivity contribution < 1.29 is 0 Å². The van der Waals surface area contributed by atoms with Crippen LogP contribution >= 0.6 is 23.1 Å². The van der Waals surface area contributed by atoms with E-state index in [4.69, 9.17) is 0 Å². The van der Waals surface area contributed by atoms with Crippen molar-refractivity contribution in [1.29, 1.82) is 0 Å². The summed E-state index contributed by atoms with van der Waals surface area (Å²) in [5, 5.41) is 13.9. The molecular weight excluding hydrogens is 1000 g/mol. The number of rotatable bonds is 0. The summed E-state index contributed by atoms with van der Waals surface area (Å²) in [7, 11) is 2.03. The van der Waals surface area contributed by atoms with Crippen LogP contribution in [0.3, 0.4) is 0 Å². The van der Waals surface area contributed by atoms with Crippen LogP contribution in [-0.4, -0.2) is 115 Å². The second kappa shape index (κ2) is 35.1. The molecule has 0 bridgehead atoms. The van der Waals surface area contributed by atoms with E-state index in [1.807, 2.05) is 53.6 Å². The van der Waals surface area contributed by atoms with Crippen molar-refractivity contribution in [2.24, 2.45) is 51.0 Å². The van der Waals surface area contributed by atoms with Crippen LogP contribution in [0, 0.1) is 33.6 Å². The SMILES string of the molecule is CC1=NC(C)=C(C)C1.CC1=NC(C)=C(C)C1.CC1=NC(C)=C(C)C1.CC1=NCC(C)=C1C.CC1=NCC(C)=C1C.CC1=NCC(C)=C1C.CC1=NCN=C1C.CC1=NN(C)C(C)C1C.Cc1nnsc1C.Cc1nnsc1C. The van der Waals surface area contributed by atoms with E-state index >= 15 is 0 Å². The van der Waals surface area contributed by atoms with E-state index < -0.39 is 0 Å². The fraction of sp³-hybridized carbons (Fsp3) is 0.597. The molecule has 2 aromatic heterocycles. The maximum Gasteiger partial charge on any atom is 0.130 e. The molecule has 0 aliphatic carbocycles. The maximum absolute atomic E-state index is 4.30. The highest BCUT2D eigenvalue weighted by Crippen LogP contribution is 2.21. The zero-order valence-corrected chi connectivity index (χ0v) is 55.3. The smallest absolute Gasteiger partial charge is 0.130 e. The van der Waals surface area contributed by atoms with Gasteiger partial charge in [-0.1, -0.05) is 15.9 Å². The molecule has 2 aromatic rings. The summed E-state index contributed by atoms with van der Waals surface area (Å²) in [6, 6.07) is 0.588. The highest BCUT2D eigenvalue weighted by Gasteiger charge is 2.24. The first kappa shape index (κ1) is 70.4. The Morgan fingerprint density at radius 2 is 0.679 bits per heavy atom. The zero-order valence-electron chi connectivity index (χ0n) is 53.7. The molecule has 2 atom stereocenters. The Kier molecular flexibility index (Phi) is 31.7. The molecule has 0 radical (unpaired) electrons. The van der Waals surface area contributed by atoms with Crippen molar-refractivity contribution in [3.05, 3.63) is 88.4 Å². The van der Waals surface area contributed by atoms with Crippen molar-refractivity contribution in [2.75, 3.05) is 33.4 Å². The van der Waals surface area contributed by atoms with Crippen molar-refractivity contribution in [3.63, 3.8) is 0 Å². The van der Waals surface area contributed by atoms with Crippen LogP contribution in [0.5, 0.6) is 0 Å². The lowest BCUT2D eigenvalue weighted by Crippen LogP contribution is -2.24. The first-order valence-electron chi connectivity index (χ1n) is 27.2. The predicted molar refractivity (Wildman–Crippen MR) is 347 cm³/mol. The van der Waals surface area contributed by atoms with Gasteiger partial charge in [0.2, 0.25) is 0 Å². The summed E-state index contributed by atoms with van der Waals surface area (Å²) >= 11 is 2.89. The third-order valence-corrected chi connectivity index (χ3v) is 16.3. The van der Waals surface area contributed by atoms with Crippen LogP contribution in [0.15, 0.2) is 112 Å². The van der Waals surface area contributed by atoms with Gasteiger partial charge in [0, 0.05) is 99.1 Å². The van der Waals surface area contributed by atoms with E-state index in [1.54, 1.807) is 0 Å². The Morgan fingerprint density at radius 3 is 0.744 bits per heavy atom. The second-order valence-electron chi connectivity index (χ2n) is 21.4. The van der Waals surface area contributed by atoms with Crippen LogP contribution in [0.4, 0.5) is 0 Å². The first-order chi connectivity index (χ1) is 36.3. The van der Waals surface area contributed by atoms with Crippen LogP contribution in [0.2, 0.25) is 0 Å². The van der Waals surface area contributed by atoms with Crippen molar-refractivity contribution >= 4 is 74.5 Å². The van der Waals surface area contributed by atoms with E-state index in [-0.39, 0.29) is 0 Å². The fourth-order valence-corrected chi connectivity index (χ4v) is 8.20. The topological polar surface area (TPSA) is 166 Å². The number of hydrazone groups is 1. The summed E-state index contributed by atoms with van der Waals surface area (Å²) in [5.41, 5.74) is 29.2. The molecule has 10 rings (SSSR count). The molecule has 0 saturated heterocycles. The van der Waals surface area contributed by atoms with E-state index in [0.717, 1.165) is 61.7 Å². The van der Waals surface area contributed by atoms with E-state index in [1.165, 1.54) is 140 Å². The van der Waals surface area contributed by atoms with Gasteiger partial charge >= 0.3 is 0 Å². The summed E-state index contributed by atoms with van der Waals surface area (Å²) in [6.07, 6.45) is 3.27. The molecule has 78 heavy (non-hydrogen) atoms. The lowest BCUT2D eigenvalue weighted by molar-refractivity contribution is 0.272. The molecule has 14 nitrogen and oxygen atoms in total. The van der Waals surface area contributed by atoms with Gasteiger partial charge in [0.25, 0.3) is 0 Å². The summed E-state index contributed by atoms with van der Waals surface area (Å²) in [4.78, 5) is 36.0. The number of allylic oxidation sites excluding steroid dienone is 9. The van der Waals surface area contributed by atoms with Gasteiger partial charge in [-0.25, -0.2) is 0 Å². The third kappa shape index (κ3) is 25.5. The lowest BCUT2D eigenvalue weighted by atomic mass is 10.0. The minimum absolute atomic E-state index is 0.588. The van der Waals surface area contributed by atoms with E-state index in [0.29, 0.717) is 18.6 Å². The number of nitrogens with zero attached hydrogens (tertiary/aromatic N) is 14. The number of aromatic nitrogens is 4. The summed E-state index contributed by atoms with van der Waals surface area (Å²) < 4.78 is 7.43. The summed E-state index contributed by atoms with van der Waals surface area (Å²) in [6.45, 7) is 59.6. The number of aliphatic imine (C=N–C) groups is 8. The molecule has 8 aliphatic heterocycles. The molecule has 16 heteroatoms. The second-order valence-corrected chi connectivity index (χ2v) is 23.3. The number of hydrogen-bond acceptors (Lipinski definition) is 16. The zero-order chi connectivity index (χ0) is 59.7. The van der Waals surface area contributed by atoms with Gasteiger partial charge in [0.05, 0.1) is 48.5 Å². The molecule has 2 unspecified atom stereocenters. The van der Waals surface area contributed by atoms with Crippen molar-refractivity contribution in [2.45, 2.75) is 212 Å². The highest BCUT2D eigenvalue weighted by molar-refractivity contribution is 7.05. The molecule has 0 aromatic carbocycles. The summed E-state index contributed by atoms with van der Waals surface area (Å²) in [5.74, 6) is 0.634. The lowest BCUT2D eigenvalue weighted by Gasteiger charge is -2.16. The maximum atomic E-state index is 4.30. The fourth-order valence-electron chi connectivity index (χ4n) is 7.29. The van der Waals surface area contributed by atoms with Crippen molar-refractivity contribution in [1.82, 2.24) is 24.2 Å². The molecule has 0 amide bonds. The number of hydrogen-bond donors (Lipinski definition) is 0. The first-order valence-corrected chi connectivity index (χ1v) is 28.8. The average molecular weight is 1110 g/mol. The Labute approximate surface area is 481 Å². The molecule has 0 spiro atoms. The van der Waals surface area contributed by atoms with Crippen molar-refractivity contribution in [3.8, 4) is 0 Å². The molecule has 10 heterocycles. The van der Waals surface area contributed by atoms with Crippen LogP contribution in [0.1, 0.15) is 200 Å². The molecule has 0 fully saturated rings. The van der Waals surface area contributed by atoms with Crippen LogP contribution in [0.25, 0.3) is 0 Å². The molecule has 0 saturated carbocycles. The quantitative estimate of drug-likeness (QED) is 0.256. The van der Waals surface area contributed by atoms with E-state index in [2.05, 4.69) is 210 Å². The Morgan fingerprint density at radius 1 is 0.385 bits per heavy atom. The van der Waals surface area contributed by atoms with Gasteiger partial charge < -0.3 is 0 Å². The number of aryl methyl sites for hydroxylation is 4. The van der Waals surface area contributed by atoms with Crippen LogP contribution < -0.4 is 0 Å². The largest absolute Gasteiger partial charge is 0.297 e. The minimum atomic E-state index is 0.588. The van der Waals surface area contributed by atoms with E-state index in [9.17, 15) is 0 Å². The minimum Gasteiger partial charge on any atom is -0.297 e. The molecule has 430 valence electrons. The van der Waals surface area contributed by atoms with Gasteiger partial charge in [-0.15, -0.1) is 10.2 Å². The third-order valence-electron chi connectivity index (χ3n) is 14.9. The Bertz CT molecular complexity index is 2560.